The van der Waals surface area contributed by atoms with E-state index >= 15 is 0 Å². The van der Waals surface area contributed by atoms with Crippen LogP contribution >= 0.6 is 20.0 Å². The normalized spacial score (nSPS) is 24.0. The first kappa shape index (κ1) is 22.9. The molecule has 0 radical (unpaired) electrons. The third-order valence-corrected chi connectivity index (χ3v) is 6.14. The molecular weight excluding hydrogens is 361 g/mol. The first-order valence-electron chi connectivity index (χ1n) is 8.78. The van der Waals surface area contributed by atoms with E-state index in [1.807, 2.05) is 34.1 Å². The third kappa shape index (κ3) is 5.19. The summed E-state index contributed by atoms with van der Waals surface area (Å²) in [5, 5.41) is 0. The summed E-state index contributed by atoms with van der Waals surface area (Å²) in [6.45, 7) is 4.64. The highest BCUT2D eigenvalue weighted by atomic mass is 32.1. The van der Waals surface area contributed by atoms with Gasteiger partial charge in [-0.25, -0.2) is 9.09 Å². The number of rotatable bonds is 10. The van der Waals surface area contributed by atoms with Gasteiger partial charge in [-0.3, -0.25) is 9.01 Å². The minimum atomic E-state index is -4.28. The second kappa shape index (κ2) is 9.18. The molecule has 1 N–H and O–H groups in total. The van der Waals surface area contributed by atoms with Crippen LogP contribution in [-0.2, 0) is 18.3 Å². The molecule has 1 aliphatic rings. The Kier molecular flexibility index (Phi) is 8.41. The number of likely N-dealkylation sites (N-methyl/N-ethyl adjacent to an activating group) is 1. The molecule has 0 bridgehead atoms. The maximum absolute atomic E-state index is 12.4. The van der Waals surface area contributed by atoms with Crippen LogP contribution < -0.4 is 0 Å². The van der Waals surface area contributed by atoms with Gasteiger partial charge in [0.05, 0.1) is 21.1 Å². The Morgan fingerprint density at radius 3 is 2.52 bits per heavy atom. The summed E-state index contributed by atoms with van der Waals surface area (Å²) in [4.78, 5) is 10.7. The largest absolute Gasteiger partial charge is 0.477 e. The van der Waals surface area contributed by atoms with Crippen LogP contribution in [-0.4, -0.2) is 60.9 Å². The van der Waals surface area contributed by atoms with E-state index in [1.54, 1.807) is 0 Å². The Hall–Kier alpha value is -0.140. The molecule has 0 aliphatic carbocycles. The van der Waals surface area contributed by atoms with Crippen molar-refractivity contribution in [2.45, 2.75) is 57.8 Å². The standard InChI is InChI=1S/C17H32NO5PS/c1-7-9-11-14(8-2)16(25)17(18(3,4)5,15-12-10-13-22-15)23-24(19,20)21-6/h8,15H,7,9-13H2,1-6H3/p+1. The quantitative estimate of drug-likeness (QED) is 0.200. The van der Waals surface area contributed by atoms with Gasteiger partial charge in [-0.15, -0.1) is 0 Å². The topological polar surface area (TPSA) is 65.0 Å². The van der Waals surface area contributed by atoms with Gasteiger partial charge in [-0.1, -0.05) is 31.6 Å². The van der Waals surface area contributed by atoms with Gasteiger partial charge in [0.15, 0.2) is 0 Å². The molecule has 0 saturated carbocycles. The van der Waals surface area contributed by atoms with Crippen LogP contribution in [0.25, 0.3) is 0 Å². The third-order valence-electron chi connectivity index (χ3n) is 4.61. The van der Waals surface area contributed by atoms with Crippen LogP contribution in [0.5, 0.6) is 0 Å². The molecular formula is C17H33NO5PS+. The molecule has 6 nitrogen and oxygen atoms in total. The second-order valence-electron chi connectivity index (χ2n) is 7.20. The van der Waals surface area contributed by atoms with Crippen LogP contribution in [0.4, 0.5) is 0 Å². The Labute approximate surface area is 157 Å². The Morgan fingerprint density at radius 1 is 1.48 bits per heavy atom. The summed E-state index contributed by atoms with van der Waals surface area (Å²) in [5.41, 5.74) is -0.321. The van der Waals surface area contributed by atoms with E-state index in [2.05, 4.69) is 6.92 Å². The molecule has 1 fully saturated rings. The fraction of sp³-hybridized carbons (Fsp3) is 0.824. The Balaban J connectivity index is 3.47. The maximum Gasteiger partial charge on any atom is 0.477 e. The van der Waals surface area contributed by atoms with Gasteiger partial charge in [0, 0.05) is 13.7 Å². The molecule has 1 saturated heterocycles. The van der Waals surface area contributed by atoms with E-state index in [4.69, 9.17) is 26.0 Å². The molecule has 25 heavy (non-hydrogen) atoms. The minimum absolute atomic E-state index is 0.202. The molecule has 146 valence electrons. The van der Waals surface area contributed by atoms with E-state index in [9.17, 15) is 9.46 Å². The van der Waals surface area contributed by atoms with Crippen LogP contribution in [0.1, 0.15) is 46.0 Å². The molecule has 0 amide bonds. The van der Waals surface area contributed by atoms with E-state index in [0.717, 1.165) is 38.4 Å². The molecule has 0 aromatic carbocycles. The maximum atomic E-state index is 12.4. The van der Waals surface area contributed by atoms with Gasteiger partial charge in [-0.2, -0.15) is 0 Å². The van der Waals surface area contributed by atoms with Crippen molar-refractivity contribution >= 4 is 24.9 Å². The second-order valence-corrected chi connectivity index (χ2v) is 9.09. The SMILES string of the molecule is CC=C(CCCC)C(=S)C(OP(=O)(O)OC)(C1CCCO1)[N+](C)(C)C. The van der Waals surface area contributed by atoms with Gasteiger partial charge in [0.2, 0.25) is 0 Å². The van der Waals surface area contributed by atoms with Gasteiger partial charge < -0.3 is 9.63 Å². The number of quaternary nitrogens is 1. The average molecular weight is 394 g/mol. The number of phosphoric acid groups is 1. The lowest BCUT2D eigenvalue weighted by atomic mass is 9.90. The van der Waals surface area contributed by atoms with Crippen molar-refractivity contribution in [2.75, 3.05) is 34.9 Å². The van der Waals surface area contributed by atoms with Gasteiger partial charge in [0.1, 0.15) is 11.0 Å². The molecule has 1 heterocycles. The van der Waals surface area contributed by atoms with Crippen LogP contribution in [0, 0.1) is 0 Å². The Morgan fingerprint density at radius 2 is 2.12 bits per heavy atom. The monoisotopic (exact) mass is 394 g/mol. The average Bonchev–Trinajstić information content (AvgIpc) is 3.06. The summed E-state index contributed by atoms with van der Waals surface area (Å²) >= 11 is 5.85. The van der Waals surface area contributed by atoms with Crippen molar-refractivity contribution in [3.8, 4) is 0 Å². The highest BCUT2D eigenvalue weighted by Gasteiger charge is 2.60. The van der Waals surface area contributed by atoms with E-state index in [1.165, 1.54) is 0 Å². The van der Waals surface area contributed by atoms with Crippen molar-refractivity contribution in [2.24, 2.45) is 0 Å². The lowest BCUT2D eigenvalue weighted by Crippen LogP contribution is -2.69. The fourth-order valence-electron chi connectivity index (χ4n) is 3.19. The predicted octanol–water partition coefficient (Wildman–Crippen LogP) is 3.84. The number of allylic oxidation sites excluding steroid dienone is 1. The first-order valence-corrected chi connectivity index (χ1v) is 10.7. The molecule has 0 spiro atoms. The zero-order chi connectivity index (χ0) is 19.3. The van der Waals surface area contributed by atoms with Gasteiger partial charge in [0.25, 0.3) is 5.72 Å². The van der Waals surface area contributed by atoms with Crippen LogP contribution in [0.3, 0.4) is 0 Å². The molecule has 3 unspecified atom stereocenters. The lowest BCUT2D eigenvalue weighted by Gasteiger charge is -2.48. The number of nitrogens with zero attached hydrogens (tertiary/aromatic N) is 1. The highest BCUT2D eigenvalue weighted by molar-refractivity contribution is 7.81. The molecule has 1 rings (SSSR count). The van der Waals surface area contributed by atoms with Crippen molar-refractivity contribution in [1.29, 1.82) is 0 Å². The van der Waals surface area contributed by atoms with E-state index in [0.29, 0.717) is 17.9 Å². The zero-order valence-electron chi connectivity index (χ0n) is 16.3. The van der Waals surface area contributed by atoms with E-state index in [-0.39, 0.29) is 4.48 Å². The summed E-state index contributed by atoms with van der Waals surface area (Å²) < 4.78 is 29.1. The van der Waals surface area contributed by atoms with E-state index < -0.39 is 19.7 Å². The summed E-state index contributed by atoms with van der Waals surface area (Å²) in [6.07, 6.45) is 5.95. The number of ether oxygens (including phenoxy) is 1. The minimum Gasteiger partial charge on any atom is -0.368 e. The van der Waals surface area contributed by atoms with Crippen molar-refractivity contribution in [1.82, 2.24) is 0 Å². The Bertz CT molecular complexity index is 540. The van der Waals surface area contributed by atoms with Crippen molar-refractivity contribution < 1.29 is 27.7 Å². The first-order chi connectivity index (χ1) is 11.6. The number of hydrogen-bond acceptors (Lipinski definition) is 5. The summed E-state index contributed by atoms with van der Waals surface area (Å²) in [5.74, 6) is 0. The number of hydrogen-bond donors (Lipinski definition) is 1. The smallest absolute Gasteiger partial charge is 0.368 e. The summed E-state index contributed by atoms with van der Waals surface area (Å²) in [6, 6.07) is 0. The van der Waals surface area contributed by atoms with Crippen molar-refractivity contribution in [3.63, 3.8) is 0 Å². The molecule has 0 aromatic rings. The number of thiocarbonyl (C=S) groups is 1. The zero-order valence-corrected chi connectivity index (χ0v) is 18.0. The van der Waals surface area contributed by atoms with Crippen LogP contribution in [0.2, 0.25) is 0 Å². The van der Waals surface area contributed by atoms with Crippen molar-refractivity contribution in [3.05, 3.63) is 11.6 Å². The van der Waals surface area contributed by atoms with Gasteiger partial charge >= 0.3 is 7.82 Å². The molecule has 0 aromatic heterocycles. The number of phosphoric ester groups is 1. The lowest BCUT2D eigenvalue weighted by molar-refractivity contribution is -0.936. The predicted molar refractivity (Wildman–Crippen MR) is 104 cm³/mol. The molecule has 3 atom stereocenters. The highest BCUT2D eigenvalue weighted by Crippen LogP contribution is 2.52. The molecule has 1 aliphatic heterocycles. The number of unbranched alkanes of at least 4 members (excludes halogenated alkanes) is 1. The molecule has 8 heteroatoms. The fourth-order valence-corrected chi connectivity index (χ4v) is 4.80. The van der Waals surface area contributed by atoms with Gasteiger partial charge in [-0.05, 0) is 38.2 Å². The summed E-state index contributed by atoms with van der Waals surface area (Å²) in [7, 11) is 2.57. The van der Waals surface area contributed by atoms with Crippen LogP contribution in [0.15, 0.2) is 11.6 Å².